The molecule has 0 aliphatic rings. The monoisotopic (exact) mass is 306 g/mol. The van der Waals surface area contributed by atoms with E-state index >= 15 is 0 Å². The van der Waals surface area contributed by atoms with Crippen molar-refractivity contribution in [3.63, 3.8) is 0 Å². The van der Waals surface area contributed by atoms with Crippen LogP contribution in [0.2, 0.25) is 0 Å². The van der Waals surface area contributed by atoms with E-state index in [0.717, 1.165) is 32.8 Å². The molecule has 5 nitrogen and oxygen atoms in total. The van der Waals surface area contributed by atoms with Gasteiger partial charge in [-0.1, -0.05) is 0 Å². The lowest BCUT2D eigenvalue weighted by molar-refractivity contribution is 0.561. The molecule has 6 heteroatoms. The Balaban J connectivity index is 2.15. The van der Waals surface area contributed by atoms with Crippen LogP contribution in [0.25, 0.3) is 22.4 Å². The van der Waals surface area contributed by atoms with Crippen LogP contribution in [0, 0.1) is 6.92 Å². The third kappa shape index (κ3) is 1.83. The molecule has 3 rings (SSSR count). The molecule has 18 heavy (non-hydrogen) atoms. The summed E-state index contributed by atoms with van der Waals surface area (Å²) in [6.07, 6.45) is 0. The molecule has 0 radical (unpaired) electrons. The first-order valence-corrected chi connectivity index (χ1v) is 6.28. The molecular formula is C12H11BrN4O. The standard InChI is InChI=1S/C12H11BrN4O/c1-6-15-8-4-7(2-3-9(8)18-6)11-12(13)17-10(5-14)16-11/h2-4H,5,14H2,1H3,(H,16,17). The van der Waals surface area contributed by atoms with Gasteiger partial charge in [0, 0.05) is 12.5 Å². The number of oxazole rings is 1. The molecule has 2 aromatic heterocycles. The zero-order chi connectivity index (χ0) is 12.7. The van der Waals surface area contributed by atoms with Gasteiger partial charge in [-0.2, -0.15) is 0 Å². The molecule has 0 bridgehead atoms. The van der Waals surface area contributed by atoms with E-state index in [1.807, 2.05) is 25.1 Å². The Labute approximate surface area is 112 Å². The summed E-state index contributed by atoms with van der Waals surface area (Å²) in [5, 5.41) is 0. The number of benzene rings is 1. The first-order chi connectivity index (χ1) is 8.67. The molecule has 3 aromatic rings. The lowest BCUT2D eigenvalue weighted by atomic mass is 10.1. The van der Waals surface area contributed by atoms with Crippen molar-refractivity contribution < 1.29 is 4.42 Å². The number of imidazole rings is 1. The van der Waals surface area contributed by atoms with Crippen molar-refractivity contribution >= 4 is 27.0 Å². The van der Waals surface area contributed by atoms with E-state index in [4.69, 9.17) is 10.2 Å². The normalized spacial score (nSPS) is 11.3. The van der Waals surface area contributed by atoms with Crippen LogP contribution in [0.3, 0.4) is 0 Å². The predicted octanol–water partition coefficient (Wildman–Crippen LogP) is 2.75. The molecule has 0 atom stereocenters. The summed E-state index contributed by atoms with van der Waals surface area (Å²) in [7, 11) is 0. The van der Waals surface area contributed by atoms with Crippen LogP contribution < -0.4 is 5.73 Å². The van der Waals surface area contributed by atoms with Crippen LogP contribution in [0.5, 0.6) is 0 Å². The molecule has 0 unspecified atom stereocenters. The van der Waals surface area contributed by atoms with Gasteiger partial charge in [0.15, 0.2) is 11.5 Å². The maximum Gasteiger partial charge on any atom is 0.192 e. The van der Waals surface area contributed by atoms with Crippen LogP contribution in [0.1, 0.15) is 11.7 Å². The van der Waals surface area contributed by atoms with Gasteiger partial charge in [-0.05, 0) is 34.1 Å². The summed E-state index contributed by atoms with van der Waals surface area (Å²) in [4.78, 5) is 11.8. The number of halogens is 1. The highest BCUT2D eigenvalue weighted by atomic mass is 79.9. The summed E-state index contributed by atoms with van der Waals surface area (Å²) >= 11 is 3.45. The Kier molecular flexibility index (Phi) is 2.68. The number of hydrogen-bond acceptors (Lipinski definition) is 4. The number of aromatic amines is 1. The van der Waals surface area contributed by atoms with E-state index in [9.17, 15) is 0 Å². The fourth-order valence-corrected chi connectivity index (χ4v) is 2.42. The number of aryl methyl sites for hydroxylation is 1. The van der Waals surface area contributed by atoms with Gasteiger partial charge in [0.2, 0.25) is 0 Å². The van der Waals surface area contributed by atoms with E-state index in [-0.39, 0.29) is 0 Å². The minimum Gasteiger partial charge on any atom is -0.441 e. The van der Waals surface area contributed by atoms with Gasteiger partial charge in [-0.15, -0.1) is 0 Å². The maximum absolute atomic E-state index is 5.56. The topological polar surface area (TPSA) is 80.7 Å². The van der Waals surface area contributed by atoms with E-state index in [2.05, 4.69) is 30.9 Å². The van der Waals surface area contributed by atoms with Gasteiger partial charge in [0.1, 0.15) is 21.6 Å². The molecule has 0 amide bonds. The molecule has 0 aliphatic heterocycles. The average molecular weight is 307 g/mol. The summed E-state index contributed by atoms with van der Waals surface area (Å²) in [5.41, 5.74) is 8.97. The first-order valence-electron chi connectivity index (χ1n) is 5.49. The van der Waals surface area contributed by atoms with Crippen molar-refractivity contribution in [2.24, 2.45) is 5.73 Å². The highest BCUT2D eigenvalue weighted by Crippen LogP contribution is 2.28. The third-order valence-corrected chi connectivity index (χ3v) is 3.24. The van der Waals surface area contributed by atoms with E-state index in [0.29, 0.717) is 12.4 Å². The number of rotatable bonds is 2. The van der Waals surface area contributed by atoms with E-state index in [1.165, 1.54) is 0 Å². The van der Waals surface area contributed by atoms with Gasteiger partial charge >= 0.3 is 0 Å². The third-order valence-electron chi connectivity index (χ3n) is 2.67. The molecule has 2 heterocycles. The van der Waals surface area contributed by atoms with Gasteiger partial charge in [0.05, 0.1) is 6.54 Å². The first kappa shape index (κ1) is 11.4. The highest BCUT2D eigenvalue weighted by molar-refractivity contribution is 9.10. The van der Waals surface area contributed by atoms with Gasteiger partial charge in [-0.25, -0.2) is 9.97 Å². The van der Waals surface area contributed by atoms with Crippen molar-refractivity contribution in [3.05, 3.63) is 34.5 Å². The van der Waals surface area contributed by atoms with Crippen molar-refractivity contribution in [1.82, 2.24) is 15.0 Å². The lowest BCUT2D eigenvalue weighted by Crippen LogP contribution is -1.97. The minimum absolute atomic E-state index is 0.379. The number of H-pyrrole nitrogens is 1. The van der Waals surface area contributed by atoms with Gasteiger partial charge in [0.25, 0.3) is 0 Å². The quantitative estimate of drug-likeness (QED) is 0.763. The number of aromatic nitrogens is 3. The smallest absolute Gasteiger partial charge is 0.192 e. The summed E-state index contributed by atoms with van der Waals surface area (Å²) in [6.45, 7) is 2.21. The maximum atomic E-state index is 5.56. The van der Waals surface area contributed by atoms with Crippen molar-refractivity contribution in [2.75, 3.05) is 0 Å². The largest absolute Gasteiger partial charge is 0.441 e. The van der Waals surface area contributed by atoms with Crippen LogP contribution >= 0.6 is 15.9 Å². The number of nitrogens with zero attached hydrogens (tertiary/aromatic N) is 2. The van der Waals surface area contributed by atoms with Crippen molar-refractivity contribution in [3.8, 4) is 11.3 Å². The molecule has 0 spiro atoms. The number of hydrogen-bond donors (Lipinski definition) is 2. The molecule has 92 valence electrons. The molecular weight excluding hydrogens is 296 g/mol. The van der Waals surface area contributed by atoms with E-state index in [1.54, 1.807) is 0 Å². The second-order valence-electron chi connectivity index (χ2n) is 3.97. The van der Waals surface area contributed by atoms with Crippen molar-refractivity contribution in [1.29, 1.82) is 0 Å². The Morgan fingerprint density at radius 3 is 2.94 bits per heavy atom. The molecule has 3 N–H and O–H groups in total. The summed E-state index contributed by atoms with van der Waals surface area (Å²) in [6, 6.07) is 5.80. The Hall–Kier alpha value is -1.66. The molecule has 1 aromatic carbocycles. The Morgan fingerprint density at radius 2 is 2.22 bits per heavy atom. The van der Waals surface area contributed by atoms with Crippen molar-refractivity contribution in [2.45, 2.75) is 13.5 Å². The molecule has 0 saturated heterocycles. The number of nitrogens with one attached hydrogen (secondary N) is 1. The zero-order valence-electron chi connectivity index (χ0n) is 9.70. The average Bonchev–Trinajstić information content (AvgIpc) is 2.89. The molecule has 0 aliphatic carbocycles. The van der Waals surface area contributed by atoms with Crippen LogP contribution in [0.15, 0.2) is 27.2 Å². The van der Waals surface area contributed by atoms with Crippen LogP contribution in [0.4, 0.5) is 0 Å². The second-order valence-corrected chi connectivity index (χ2v) is 4.76. The fourth-order valence-electron chi connectivity index (χ4n) is 1.88. The minimum atomic E-state index is 0.379. The molecule has 0 fully saturated rings. The van der Waals surface area contributed by atoms with E-state index < -0.39 is 0 Å². The van der Waals surface area contributed by atoms with Gasteiger partial charge < -0.3 is 15.1 Å². The number of fused-ring (bicyclic) bond motifs is 1. The number of nitrogens with two attached hydrogens (primary N) is 1. The van der Waals surface area contributed by atoms with Crippen LogP contribution in [-0.4, -0.2) is 15.0 Å². The SMILES string of the molecule is Cc1nc2cc(-c3nc(CN)[nH]c3Br)ccc2o1. The zero-order valence-corrected chi connectivity index (χ0v) is 11.3. The van der Waals surface area contributed by atoms with Gasteiger partial charge in [-0.3, -0.25) is 0 Å². The molecule has 0 saturated carbocycles. The summed E-state index contributed by atoms with van der Waals surface area (Å²) in [5.74, 6) is 1.40. The Bertz CT molecular complexity index is 716. The lowest BCUT2D eigenvalue weighted by Gasteiger charge is -1.96. The summed E-state index contributed by atoms with van der Waals surface area (Å²) < 4.78 is 6.27. The van der Waals surface area contributed by atoms with Crippen LogP contribution in [-0.2, 0) is 6.54 Å². The second kappa shape index (κ2) is 4.22. The Morgan fingerprint density at radius 1 is 1.39 bits per heavy atom. The fraction of sp³-hybridized carbons (Fsp3) is 0.167. The highest BCUT2D eigenvalue weighted by Gasteiger charge is 2.11. The predicted molar refractivity (Wildman–Crippen MR) is 71.9 cm³/mol.